The van der Waals surface area contributed by atoms with Gasteiger partial charge in [-0.25, -0.2) is 4.79 Å². The maximum absolute atomic E-state index is 11.9. The van der Waals surface area contributed by atoms with Crippen molar-refractivity contribution in [3.63, 3.8) is 0 Å². The first-order valence-corrected chi connectivity index (χ1v) is 5.22. The Hall–Kier alpha value is -2.24. The van der Waals surface area contributed by atoms with Gasteiger partial charge in [0.2, 0.25) is 0 Å². The molecule has 0 aliphatic heterocycles. The highest BCUT2D eigenvalue weighted by molar-refractivity contribution is 5.96. The van der Waals surface area contributed by atoms with E-state index in [9.17, 15) is 9.59 Å². The molecule has 0 fully saturated rings. The minimum atomic E-state index is -0.673. The Bertz CT molecular complexity index is 422. The molecule has 1 N–H and O–H groups in total. The number of nitrogens with one attached hydrogen (secondary N) is 1. The quantitative estimate of drug-likeness (QED) is 0.778. The molecule has 98 valence electrons. The molecular weight excluding hydrogens is 238 g/mol. The van der Waals surface area contributed by atoms with Gasteiger partial charge in [0.15, 0.2) is 6.61 Å². The van der Waals surface area contributed by atoms with Gasteiger partial charge in [0, 0.05) is 7.05 Å². The molecule has 18 heavy (non-hydrogen) atoms. The summed E-state index contributed by atoms with van der Waals surface area (Å²) in [5.74, 6) is -0.405. The summed E-state index contributed by atoms with van der Waals surface area (Å²) in [7, 11) is 4.33. The van der Waals surface area contributed by atoms with E-state index in [0.29, 0.717) is 11.5 Å². The molecule has 0 aromatic heterocycles. The van der Waals surface area contributed by atoms with Gasteiger partial charge in [0.05, 0.1) is 14.2 Å². The van der Waals surface area contributed by atoms with Crippen molar-refractivity contribution in [2.45, 2.75) is 0 Å². The number of ether oxygens (including phenoxy) is 3. The van der Waals surface area contributed by atoms with E-state index in [2.05, 4.69) is 5.32 Å². The average molecular weight is 253 g/mol. The Morgan fingerprint density at radius 2 is 1.72 bits per heavy atom. The van der Waals surface area contributed by atoms with E-state index in [4.69, 9.17) is 14.2 Å². The van der Waals surface area contributed by atoms with Crippen LogP contribution < -0.4 is 14.8 Å². The summed E-state index contributed by atoms with van der Waals surface area (Å²) in [6.45, 7) is -0.351. The highest BCUT2D eigenvalue weighted by atomic mass is 16.5. The predicted molar refractivity (Wildman–Crippen MR) is 63.9 cm³/mol. The number of amides is 1. The number of carbonyl (C=O) groups is 2. The van der Waals surface area contributed by atoms with Crippen LogP contribution in [0.25, 0.3) is 0 Å². The van der Waals surface area contributed by atoms with Crippen LogP contribution in [0.5, 0.6) is 11.5 Å². The van der Waals surface area contributed by atoms with Crippen LogP contribution in [0.3, 0.4) is 0 Å². The molecule has 0 saturated heterocycles. The van der Waals surface area contributed by atoms with Crippen molar-refractivity contribution < 1.29 is 23.8 Å². The van der Waals surface area contributed by atoms with Crippen molar-refractivity contribution >= 4 is 11.9 Å². The average Bonchev–Trinajstić information content (AvgIpc) is 2.43. The smallest absolute Gasteiger partial charge is 0.346 e. The van der Waals surface area contributed by atoms with Gasteiger partial charge in [-0.3, -0.25) is 4.79 Å². The van der Waals surface area contributed by atoms with E-state index in [0.717, 1.165) is 0 Å². The van der Waals surface area contributed by atoms with Crippen LogP contribution in [-0.4, -0.2) is 39.8 Å². The van der Waals surface area contributed by atoms with Gasteiger partial charge in [-0.1, -0.05) is 6.07 Å². The molecule has 1 rings (SSSR count). The maximum atomic E-state index is 11.9. The van der Waals surface area contributed by atoms with Crippen LogP contribution in [0.4, 0.5) is 0 Å². The lowest BCUT2D eigenvalue weighted by molar-refractivity contribution is -0.123. The molecule has 0 atom stereocenters. The summed E-state index contributed by atoms with van der Waals surface area (Å²) in [5, 5.41) is 2.35. The number of likely N-dealkylation sites (N-methyl/N-ethyl adjacent to an activating group) is 1. The lowest BCUT2D eigenvalue weighted by Gasteiger charge is -2.11. The van der Waals surface area contributed by atoms with Crippen molar-refractivity contribution in [3.05, 3.63) is 23.8 Å². The lowest BCUT2D eigenvalue weighted by atomic mass is 10.2. The molecule has 0 aliphatic carbocycles. The number of benzene rings is 1. The first kappa shape index (κ1) is 13.8. The van der Waals surface area contributed by atoms with E-state index in [-0.39, 0.29) is 12.2 Å². The molecule has 0 aliphatic rings. The second-order valence-electron chi connectivity index (χ2n) is 3.29. The largest absolute Gasteiger partial charge is 0.496 e. The van der Waals surface area contributed by atoms with Crippen molar-refractivity contribution in [2.75, 3.05) is 27.9 Å². The summed E-state index contributed by atoms with van der Waals surface area (Å²) < 4.78 is 15.0. The van der Waals surface area contributed by atoms with Crippen LogP contribution in [0.1, 0.15) is 10.4 Å². The summed E-state index contributed by atoms with van der Waals surface area (Å²) in [5.41, 5.74) is 0.159. The molecule has 1 aromatic carbocycles. The molecule has 0 spiro atoms. The van der Waals surface area contributed by atoms with E-state index in [1.54, 1.807) is 18.2 Å². The summed E-state index contributed by atoms with van der Waals surface area (Å²) in [6, 6.07) is 4.91. The first-order valence-electron chi connectivity index (χ1n) is 5.22. The van der Waals surface area contributed by atoms with E-state index >= 15 is 0 Å². The van der Waals surface area contributed by atoms with Crippen molar-refractivity contribution in [1.82, 2.24) is 5.32 Å². The topological polar surface area (TPSA) is 73.9 Å². The zero-order valence-electron chi connectivity index (χ0n) is 10.5. The second kappa shape index (κ2) is 6.48. The fourth-order valence-corrected chi connectivity index (χ4v) is 1.33. The molecule has 0 bridgehead atoms. The van der Waals surface area contributed by atoms with Crippen LogP contribution in [-0.2, 0) is 9.53 Å². The number of methoxy groups -OCH3 is 2. The summed E-state index contributed by atoms with van der Waals surface area (Å²) in [6.07, 6.45) is 0. The number of hydrogen-bond acceptors (Lipinski definition) is 5. The maximum Gasteiger partial charge on any atom is 0.346 e. The van der Waals surface area contributed by atoms with E-state index in [1.807, 2.05) is 0 Å². The predicted octanol–water partition coefficient (Wildman–Crippen LogP) is 0.607. The zero-order chi connectivity index (χ0) is 13.5. The molecule has 1 aromatic rings. The fraction of sp³-hybridized carbons (Fsp3) is 0.333. The van der Waals surface area contributed by atoms with Gasteiger partial charge >= 0.3 is 5.97 Å². The van der Waals surface area contributed by atoms with Crippen LogP contribution in [0.15, 0.2) is 18.2 Å². The Kier molecular flexibility index (Phi) is 4.98. The third kappa shape index (κ3) is 3.13. The number of carbonyl (C=O) groups excluding carboxylic acids is 2. The van der Waals surface area contributed by atoms with Crippen molar-refractivity contribution in [1.29, 1.82) is 0 Å². The number of rotatable bonds is 5. The minimum absolute atomic E-state index is 0.159. The molecule has 6 heteroatoms. The Morgan fingerprint density at radius 1 is 1.17 bits per heavy atom. The standard InChI is InChI=1S/C12H15NO5/c1-13-10(14)7-18-12(15)11-8(16-2)5-4-6-9(11)17-3/h4-6H,7H2,1-3H3,(H,13,14). The second-order valence-corrected chi connectivity index (χ2v) is 3.29. The Labute approximate surface area is 105 Å². The van der Waals surface area contributed by atoms with Gasteiger partial charge in [0.1, 0.15) is 17.1 Å². The fourth-order valence-electron chi connectivity index (χ4n) is 1.33. The molecule has 1 amide bonds. The normalized spacial score (nSPS) is 9.50. The third-order valence-corrected chi connectivity index (χ3v) is 2.25. The molecule has 0 radical (unpaired) electrons. The Balaban J connectivity index is 2.93. The molecule has 0 unspecified atom stereocenters. The van der Waals surface area contributed by atoms with Gasteiger partial charge in [-0.05, 0) is 12.1 Å². The van der Waals surface area contributed by atoms with Crippen LogP contribution >= 0.6 is 0 Å². The van der Waals surface area contributed by atoms with Gasteiger partial charge in [-0.15, -0.1) is 0 Å². The Morgan fingerprint density at radius 3 is 2.17 bits per heavy atom. The highest BCUT2D eigenvalue weighted by Crippen LogP contribution is 2.28. The van der Waals surface area contributed by atoms with Crippen molar-refractivity contribution in [2.24, 2.45) is 0 Å². The van der Waals surface area contributed by atoms with Crippen molar-refractivity contribution in [3.8, 4) is 11.5 Å². The summed E-state index contributed by atoms with van der Waals surface area (Å²) in [4.78, 5) is 22.9. The first-order chi connectivity index (χ1) is 8.63. The minimum Gasteiger partial charge on any atom is -0.496 e. The van der Waals surface area contributed by atoms with E-state index < -0.39 is 11.9 Å². The van der Waals surface area contributed by atoms with Gasteiger partial charge < -0.3 is 19.5 Å². The van der Waals surface area contributed by atoms with E-state index in [1.165, 1.54) is 21.3 Å². The SMILES string of the molecule is CNC(=O)COC(=O)c1c(OC)cccc1OC. The molecular formula is C12H15NO5. The lowest BCUT2D eigenvalue weighted by Crippen LogP contribution is -2.25. The third-order valence-electron chi connectivity index (χ3n) is 2.25. The summed E-state index contributed by atoms with van der Waals surface area (Å²) >= 11 is 0. The highest BCUT2D eigenvalue weighted by Gasteiger charge is 2.20. The van der Waals surface area contributed by atoms with Crippen LogP contribution in [0.2, 0.25) is 0 Å². The molecule has 0 saturated carbocycles. The number of esters is 1. The molecule has 0 heterocycles. The van der Waals surface area contributed by atoms with Crippen LogP contribution in [0, 0.1) is 0 Å². The van der Waals surface area contributed by atoms with Gasteiger partial charge in [0.25, 0.3) is 5.91 Å². The number of hydrogen-bond donors (Lipinski definition) is 1. The van der Waals surface area contributed by atoms with Gasteiger partial charge in [-0.2, -0.15) is 0 Å². The molecule has 6 nitrogen and oxygen atoms in total. The zero-order valence-corrected chi connectivity index (χ0v) is 10.5. The monoisotopic (exact) mass is 253 g/mol.